The molecule has 11 heteroatoms. The van der Waals surface area contributed by atoms with Gasteiger partial charge in [0.1, 0.15) is 17.7 Å². The molecule has 0 aliphatic heterocycles. The van der Waals surface area contributed by atoms with Crippen molar-refractivity contribution in [2.45, 2.75) is 104 Å². The highest BCUT2D eigenvalue weighted by Crippen LogP contribution is 2.32. The maximum Gasteiger partial charge on any atom is 0.408 e. The summed E-state index contributed by atoms with van der Waals surface area (Å²) < 4.78 is 10.3. The molecule has 40 heavy (non-hydrogen) atoms. The predicted octanol–water partition coefficient (Wildman–Crippen LogP) is 3.15. The van der Waals surface area contributed by atoms with Crippen molar-refractivity contribution in [2.24, 2.45) is 5.73 Å². The van der Waals surface area contributed by atoms with Gasteiger partial charge in [-0.2, -0.15) is 0 Å². The Balaban J connectivity index is 3.58. The Morgan fingerprint density at radius 1 is 0.975 bits per heavy atom. The highest BCUT2D eigenvalue weighted by molar-refractivity contribution is 5.95. The number of esters is 1. The molecule has 11 nitrogen and oxygen atoms in total. The quantitative estimate of drug-likeness (QED) is 0.294. The minimum atomic E-state index is -1.39. The first-order valence-electron chi connectivity index (χ1n) is 13.7. The lowest BCUT2D eigenvalue weighted by Crippen LogP contribution is -2.60. The molecule has 0 fully saturated rings. The third-order valence-electron chi connectivity index (χ3n) is 6.29. The molecular formula is C29H46N4O7. The van der Waals surface area contributed by atoms with Crippen LogP contribution in [0.1, 0.15) is 91.8 Å². The van der Waals surface area contributed by atoms with Crippen molar-refractivity contribution in [1.82, 2.24) is 15.5 Å². The minimum absolute atomic E-state index is 0.00331. The van der Waals surface area contributed by atoms with Crippen LogP contribution in [0.25, 0.3) is 0 Å². The van der Waals surface area contributed by atoms with Crippen LogP contribution in [0.2, 0.25) is 0 Å². The molecule has 0 aliphatic carbocycles. The fraction of sp³-hybridized carbons (Fsp3) is 0.621. The van der Waals surface area contributed by atoms with Crippen molar-refractivity contribution >= 4 is 29.8 Å². The molecule has 1 aromatic rings. The molecule has 0 aromatic heterocycles. The summed E-state index contributed by atoms with van der Waals surface area (Å²) in [5.74, 6) is -2.48. The number of nitrogens with zero attached hydrogens (tertiary/aromatic N) is 1. The Kier molecular flexibility index (Phi) is 13.1. The summed E-state index contributed by atoms with van der Waals surface area (Å²) in [6.07, 6.45) is -0.227. The van der Waals surface area contributed by atoms with Crippen molar-refractivity contribution in [3.63, 3.8) is 0 Å². The second-order valence-electron chi connectivity index (χ2n) is 11.1. The van der Waals surface area contributed by atoms with Crippen molar-refractivity contribution in [1.29, 1.82) is 0 Å². The van der Waals surface area contributed by atoms with Crippen LogP contribution in [-0.2, 0) is 35.1 Å². The van der Waals surface area contributed by atoms with Gasteiger partial charge in [0.15, 0.2) is 0 Å². The topological polar surface area (TPSA) is 157 Å². The Hall–Kier alpha value is -3.63. The molecule has 4 N–H and O–H groups in total. The fourth-order valence-corrected chi connectivity index (χ4v) is 3.94. The van der Waals surface area contributed by atoms with E-state index in [1.807, 2.05) is 26.0 Å². The second kappa shape index (κ2) is 15.2. The highest BCUT2D eigenvalue weighted by Gasteiger charge is 2.43. The molecule has 0 spiro atoms. The van der Waals surface area contributed by atoms with Gasteiger partial charge in [0.25, 0.3) is 0 Å². The first-order chi connectivity index (χ1) is 18.6. The van der Waals surface area contributed by atoms with Crippen LogP contribution >= 0.6 is 0 Å². The van der Waals surface area contributed by atoms with Crippen molar-refractivity contribution in [3.8, 4) is 0 Å². The smallest absolute Gasteiger partial charge is 0.408 e. The second-order valence-corrected chi connectivity index (χ2v) is 11.1. The number of ether oxygens (including phenoxy) is 2. The highest BCUT2D eigenvalue weighted by atomic mass is 16.6. The van der Waals surface area contributed by atoms with Crippen LogP contribution in [0, 0.1) is 0 Å². The monoisotopic (exact) mass is 562 g/mol. The maximum absolute atomic E-state index is 14.2. The van der Waals surface area contributed by atoms with E-state index in [-0.39, 0.29) is 19.6 Å². The summed E-state index contributed by atoms with van der Waals surface area (Å²) in [6.45, 7) is 14.4. The van der Waals surface area contributed by atoms with Gasteiger partial charge in [-0.3, -0.25) is 19.2 Å². The van der Waals surface area contributed by atoms with E-state index in [1.165, 1.54) is 4.90 Å². The molecule has 0 saturated carbocycles. The summed E-state index contributed by atoms with van der Waals surface area (Å²) in [5.41, 5.74) is 5.25. The summed E-state index contributed by atoms with van der Waals surface area (Å²) in [6, 6.07) is 4.75. The average molecular weight is 563 g/mol. The number of nitrogens with two attached hydrogens (primary N) is 1. The fourth-order valence-electron chi connectivity index (χ4n) is 3.94. The average Bonchev–Trinajstić information content (AvgIpc) is 2.85. The van der Waals surface area contributed by atoms with E-state index in [2.05, 4.69) is 10.6 Å². The van der Waals surface area contributed by atoms with Crippen molar-refractivity contribution in [2.75, 3.05) is 13.2 Å². The number of rotatable bonds is 14. The number of primary amides is 1. The summed E-state index contributed by atoms with van der Waals surface area (Å²) in [4.78, 5) is 65.7. The number of alkyl carbamates (subject to hydrolysis) is 1. The largest absolute Gasteiger partial charge is 0.466 e. The van der Waals surface area contributed by atoms with Gasteiger partial charge in [0, 0.05) is 12.1 Å². The van der Waals surface area contributed by atoms with E-state index in [1.54, 1.807) is 53.7 Å². The molecule has 4 amide bonds. The molecule has 1 aromatic carbocycles. The van der Waals surface area contributed by atoms with Crippen LogP contribution in [-0.4, -0.2) is 65.0 Å². The van der Waals surface area contributed by atoms with Crippen LogP contribution in [0.15, 0.2) is 24.3 Å². The molecule has 0 heterocycles. The third-order valence-corrected chi connectivity index (χ3v) is 6.29. The van der Waals surface area contributed by atoms with Crippen molar-refractivity contribution in [3.05, 3.63) is 35.4 Å². The lowest BCUT2D eigenvalue weighted by molar-refractivity contribution is -0.150. The van der Waals surface area contributed by atoms with Gasteiger partial charge in [0.2, 0.25) is 17.7 Å². The van der Waals surface area contributed by atoms with Gasteiger partial charge >= 0.3 is 12.1 Å². The number of carbonyl (C=O) groups excluding carboxylic acids is 5. The summed E-state index contributed by atoms with van der Waals surface area (Å²) in [7, 11) is 0. The van der Waals surface area contributed by atoms with E-state index in [0.29, 0.717) is 12.0 Å². The van der Waals surface area contributed by atoms with Crippen LogP contribution in [0.4, 0.5) is 4.79 Å². The number of amides is 4. The van der Waals surface area contributed by atoms with Gasteiger partial charge in [-0.15, -0.1) is 0 Å². The number of benzene rings is 1. The van der Waals surface area contributed by atoms with E-state index in [9.17, 15) is 24.0 Å². The van der Waals surface area contributed by atoms with Crippen LogP contribution in [0.3, 0.4) is 0 Å². The van der Waals surface area contributed by atoms with Gasteiger partial charge in [0.05, 0.1) is 19.4 Å². The summed E-state index contributed by atoms with van der Waals surface area (Å²) >= 11 is 0. The number of aryl methyl sites for hydroxylation is 1. The third kappa shape index (κ3) is 10.9. The molecule has 2 atom stereocenters. The number of carbonyl (C=O) groups is 5. The van der Waals surface area contributed by atoms with E-state index in [0.717, 1.165) is 12.0 Å². The molecule has 0 saturated heterocycles. The molecular weight excluding hydrogens is 516 g/mol. The minimum Gasteiger partial charge on any atom is -0.466 e. The lowest BCUT2D eigenvalue weighted by Gasteiger charge is -2.44. The number of hydrogen-bond acceptors (Lipinski definition) is 7. The van der Waals surface area contributed by atoms with Gasteiger partial charge in [-0.25, -0.2) is 4.79 Å². The molecule has 224 valence electrons. The van der Waals surface area contributed by atoms with Gasteiger partial charge in [-0.1, -0.05) is 38.1 Å². The Bertz CT molecular complexity index is 1030. The maximum atomic E-state index is 14.2. The molecule has 0 radical (unpaired) electrons. The normalized spacial score (nSPS) is 13.0. The van der Waals surface area contributed by atoms with E-state index < -0.39 is 59.4 Å². The Labute approximate surface area is 237 Å². The summed E-state index contributed by atoms with van der Waals surface area (Å²) in [5, 5.41) is 5.22. The SMILES string of the molecule is CCOC(=O)CCNC(=O)C(c1ccc(CC)cc1)N(C(=O)C(CC(N)=O)NC(=O)OC(C)(C)C)C(C)(C)CC. The predicted molar refractivity (Wildman–Crippen MR) is 151 cm³/mol. The lowest BCUT2D eigenvalue weighted by atomic mass is 9.91. The first-order valence-corrected chi connectivity index (χ1v) is 13.7. The molecule has 2 unspecified atom stereocenters. The number of nitrogens with one attached hydrogen (secondary N) is 2. The van der Waals surface area contributed by atoms with Gasteiger partial charge in [-0.05, 0) is 65.5 Å². The van der Waals surface area contributed by atoms with Gasteiger partial charge < -0.3 is 30.7 Å². The Morgan fingerprint density at radius 2 is 1.57 bits per heavy atom. The zero-order valence-corrected chi connectivity index (χ0v) is 25.1. The zero-order chi connectivity index (χ0) is 30.7. The molecule has 0 aliphatic rings. The van der Waals surface area contributed by atoms with Crippen LogP contribution < -0.4 is 16.4 Å². The van der Waals surface area contributed by atoms with E-state index in [4.69, 9.17) is 15.2 Å². The van der Waals surface area contributed by atoms with Crippen LogP contribution in [0.5, 0.6) is 0 Å². The molecule has 1 rings (SSSR count). The number of hydrogen-bond donors (Lipinski definition) is 3. The molecule has 0 bridgehead atoms. The van der Waals surface area contributed by atoms with E-state index >= 15 is 0 Å². The van der Waals surface area contributed by atoms with Crippen molar-refractivity contribution < 1.29 is 33.4 Å². The zero-order valence-electron chi connectivity index (χ0n) is 25.1. The first kappa shape index (κ1) is 34.4. The Morgan fingerprint density at radius 3 is 2.05 bits per heavy atom. The standard InChI is InChI=1S/C29H46N4O7/c1-9-19-12-14-20(15-13-19)24(25(36)31-17-16-23(35)39-11-3)33(29(7,8)10-2)26(37)21(18-22(30)34)32-27(38)40-28(4,5)6/h12-15,21,24H,9-11,16-18H2,1-8H3,(H2,30,34)(H,31,36)(H,32,38).